The summed E-state index contributed by atoms with van der Waals surface area (Å²) < 4.78 is 0. The molecular weight excluding hydrogens is 352 g/mol. The van der Waals surface area contributed by atoms with Crippen molar-refractivity contribution in [3.05, 3.63) is 71.2 Å². The van der Waals surface area contributed by atoms with Gasteiger partial charge in [0.2, 0.25) is 5.91 Å². The first-order valence-corrected chi connectivity index (χ1v) is 9.37. The van der Waals surface area contributed by atoms with E-state index in [1.807, 2.05) is 36.5 Å². The molecular formula is C22H22N4O2. The van der Waals surface area contributed by atoms with Gasteiger partial charge >= 0.3 is 0 Å². The van der Waals surface area contributed by atoms with Crippen LogP contribution in [0.1, 0.15) is 39.9 Å². The van der Waals surface area contributed by atoms with Gasteiger partial charge in [-0.05, 0) is 59.9 Å². The summed E-state index contributed by atoms with van der Waals surface area (Å²) in [6.45, 7) is 0.737. The number of rotatable bonds is 4. The van der Waals surface area contributed by atoms with Crippen LogP contribution in [0.4, 0.5) is 5.69 Å². The van der Waals surface area contributed by atoms with Gasteiger partial charge in [-0.1, -0.05) is 0 Å². The van der Waals surface area contributed by atoms with Crippen molar-refractivity contribution in [2.75, 3.05) is 18.9 Å². The Bertz CT molecular complexity index is 994. The van der Waals surface area contributed by atoms with E-state index in [-0.39, 0.29) is 11.7 Å². The van der Waals surface area contributed by atoms with Gasteiger partial charge in [-0.2, -0.15) is 0 Å². The van der Waals surface area contributed by atoms with Crippen molar-refractivity contribution in [1.82, 2.24) is 15.4 Å². The van der Waals surface area contributed by atoms with Crippen molar-refractivity contribution in [1.29, 1.82) is 0 Å². The molecule has 0 saturated heterocycles. The molecule has 0 spiro atoms. The number of pyridine rings is 1. The number of aryl methyl sites for hydroxylation is 1. The second-order valence-corrected chi connectivity index (χ2v) is 7.03. The smallest absolute Gasteiger partial charge is 0.248 e. The highest BCUT2D eigenvalue weighted by molar-refractivity contribution is 6.03. The number of nitrogens with zero attached hydrogens (tertiary/aromatic N) is 2. The number of fused-ring (bicyclic) bond motifs is 1. The molecule has 0 unspecified atom stereocenters. The lowest BCUT2D eigenvalue weighted by atomic mass is 9.90. The minimum atomic E-state index is -0.215. The molecule has 6 heteroatoms. The predicted octanol–water partition coefficient (Wildman–Crippen LogP) is 3.04. The van der Waals surface area contributed by atoms with Crippen LogP contribution in [0.5, 0.6) is 0 Å². The van der Waals surface area contributed by atoms with Crippen molar-refractivity contribution in [2.24, 2.45) is 0 Å². The molecule has 4 rings (SSSR count). The van der Waals surface area contributed by atoms with Crippen LogP contribution in [-0.2, 0) is 11.2 Å². The van der Waals surface area contributed by atoms with Crippen LogP contribution >= 0.6 is 0 Å². The maximum Gasteiger partial charge on any atom is 0.248 e. The Hall–Kier alpha value is -3.25. The summed E-state index contributed by atoms with van der Waals surface area (Å²) in [5.74, 6) is -0.0305. The van der Waals surface area contributed by atoms with E-state index in [4.69, 9.17) is 0 Å². The Labute approximate surface area is 163 Å². The number of hydrazine groups is 1. The first-order chi connectivity index (χ1) is 13.6. The summed E-state index contributed by atoms with van der Waals surface area (Å²) >= 11 is 0. The van der Waals surface area contributed by atoms with Crippen molar-refractivity contribution >= 4 is 29.0 Å². The van der Waals surface area contributed by atoms with Gasteiger partial charge in [0.25, 0.3) is 0 Å². The number of carbonyl (C=O) groups excluding carboxylic acids is 2. The summed E-state index contributed by atoms with van der Waals surface area (Å²) in [6, 6.07) is 7.45. The summed E-state index contributed by atoms with van der Waals surface area (Å²) in [5, 5.41) is 4.79. The zero-order valence-electron chi connectivity index (χ0n) is 15.7. The molecule has 1 aliphatic carbocycles. The monoisotopic (exact) mass is 374 g/mol. The fraction of sp³-hybridized carbons (Fsp3) is 0.227. The molecule has 1 aromatic carbocycles. The van der Waals surface area contributed by atoms with E-state index in [0.29, 0.717) is 12.1 Å². The number of aromatic nitrogens is 1. The van der Waals surface area contributed by atoms with Crippen molar-refractivity contribution in [2.45, 2.75) is 19.3 Å². The highest BCUT2D eigenvalue weighted by atomic mass is 16.1. The maximum atomic E-state index is 12.4. The van der Waals surface area contributed by atoms with Gasteiger partial charge in [-0.3, -0.25) is 14.6 Å². The van der Waals surface area contributed by atoms with Crippen LogP contribution in [-0.4, -0.2) is 35.3 Å². The van der Waals surface area contributed by atoms with Gasteiger partial charge in [0.05, 0.1) is 0 Å². The second-order valence-electron chi connectivity index (χ2n) is 7.03. The summed E-state index contributed by atoms with van der Waals surface area (Å²) in [5.41, 5.74) is 8.79. The number of Topliss-reactive ketones (excluding diaryl/α,β-unsaturated/α-hetero) is 1. The predicted molar refractivity (Wildman–Crippen MR) is 109 cm³/mol. The van der Waals surface area contributed by atoms with Gasteiger partial charge in [-0.15, -0.1) is 0 Å². The highest BCUT2D eigenvalue weighted by Gasteiger charge is 2.17. The van der Waals surface area contributed by atoms with E-state index < -0.39 is 0 Å². The molecule has 1 aromatic heterocycles. The number of anilines is 1. The van der Waals surface area contributed by atoms with E-state index in [9.17, 15) is 9.59 Å². The number of hydrogen-bond acceptors (Lipinski definition) is 5. The Kier molecular flexibility index (Phi) is 5.04. The highest BCUT2D eigenvalue weighted by Crippen LogP contribution is 2.25. The van der Waals surface area contributed by atoms with Crippen LogP contribution in [0, 0.1) is 0 Å². The molecule has 2 aromatic rings. The van der Waals surface area contributed by atoms with Crippen LogP contribution in [0.3, 0.4) is 0 Å². The number of carbonyl (C=O) groups is 2. The SMILES string of the molecule is CN1C=C(c2ccncc2/C=C/C(=O)Nc2ccc3c(c2)CCCC3=O)CN1. The third-order valence-corrected chi connectivity index (χ3v) is 5.00. The lowest BCUT2D eigenvalue weighted by Crippen LogP contribution is -2.23. The van der Waals surface area contributed by atoms with E-state index in [1.54, 1.807) is 24.5 Å². The third-order valence-electron chi connectivity index (χ3n) is 5.00. The lowest BCUT2D eigenvalue weighted by molar-refractivity contribution is -0.111. The van der Waals surface area contributed by atoms with Gasteiger partial charge in [0, 0.05) is 61.5 Å². The van der Waals surface area contributed by atoms with Crippen molar-refractivity contribution < 1.29 is 9.59 Å². The summed E-state index contributed by atoms with van der Waals surface area (Å²) in [6.07, 6.45) is 11.2. The average Bonchev–Trinajstić information content (AvgIpc) is 3.13. The Balaban J connectivity index is 1.48. The molecule has 1 aliphatic heterocycles. The first-order valence-electron chi connectivity index (χ1n) is 9.37. The maximum absolute atomic E-state index is 12.4. The zero-order valence-corrected chi connectivity index (χ0v) is 15.7. The number of ketones is 1. The molecule has 2 N–H and O–H groups in total. The van der Waals surface area contributed by atoms with Gasteiger partial charge in [-0.25, -0.2) is 5.43 Å². The number of benzene rings is 1. The standard InChI is InChI=1S/C22H22N4O2/c1-26-14-17(13-24-26)19-9-10-23-12-16(19)5-8-22(28)25-18-6-7-20-15(11-18)3-2-4-21(20)27/h5-12,14,24H,2-4,13H2,1H3,(H,25,28)/b8-5+. The molecule has 0 bridgehead atoms. The Morgan fingerprint density at radius 1 is 1.25 bits per heavy atom. The quantitative estimate of drug-likeness (QED) is 0.805. The molecule has 0 atom stereocenters. The van der Waals surface area contributed by atoms with Gasteiger partial charge in [0.15, 0.2) is 5.78 Å². The topological polar surface area (TPSA) is 74.3 Å². The molecule has 6 nitrogen and oxygen atoms in total. The fourth-order valence-electron chi connectivity index (χ4n) is 3.61. The second kappa shape index (κ2) is 7.78. The zero-order chi connectivity index (χ0) is 19.5. The third kappa shape index (κ3) is 3.87. The Morgan fingerprint density at radius 3 is 2.96 bits per heavy atom. The lowest BCUT2D eigenvalue weighted by Gasteiger charge is -2.15. The largest absolute Gasteiger partial charge is 0.323 e. The normalized spacial score (nSPS) is 16.2. The minimum absolute atomic E-state index is 0.185. The average molecular weight is 374 g/mol. The minimum Gasteiger partial charge on any atom is -0.323 e. The number of amides is 1. The molecule has 142 valence electrons. The van der Waals surface area contributed by atoms with Crippen LogP contribution in [0.25, 0.3) is 11.6 Å². The fourth-order valence-corrected chi connectivity index (χ4v) is 3.61. The molecule has 28 heavy (non-hydrogen) atoms. The molecule has 2 heterocycles. The van der Waals surface area contributed by atoms with Gasteiger partial charge < -0.3 is 10.3 Å². The molecule has 0 fully saturated rings. The van der Waals surface area contributed by atoms with Crippen LogP contribution in [0.2, 0.25) is 0 Å². The number of nitrogens with one attached hydrogen (secondary N) is 2. The number of hydrogen-bond donors (Lipinski definition) is 2. The molecule has 0 saturated carbocycles. The van der Waals surface area contributed by atoms with E-state index in [0.717, 1.165) is 47.2 Å². The first kappa shape index (κ1) is 18.1. The Morgan fingerprint density at radius 2 is 2.14 bits per heavy atom. The summed E-state index contributed by atoms with van der Waals surface area (Å²) in [4.78, 5) is 28.5. The van der Waals surface area contributed by atoms with E-state index in [2.05, 4.69) is 15.7 Å². The van der Waals surface area contributed by atoms with Crippen LogP contribution < -0.4 is 10.7 Å². The van der Waals surface area contributed by atoms with E-state index >= 15 is 0 Å². The summed E-state index contributed by atoms with van der Waals surface area (Å²) in [7, 11) is 1.95. The molecule has 1 amide bonds. The molecule has 2 aliphatic rings. The van der Waals surface area contributed by atoms with Gasteiger partial charge in [0.1, 0.15) is 0 Å². The van der Waals surface area contributed by atoms with E-state index in [1.165, 1.54) is 6.08 Å². The van der Waals surface area contributed by atoms with Crippen LogP contribution in [0.15, 0.2) is 48.9 Å². The van der Waals surface area contributed by atoms with Crippen molar-refractivity contribution in [3.63, 3.8) is 0 Å². The van der Waals surface area contributed by atoms with Crippen molar-refractivity contribution in [3.8, 4) is 0 Å². The molecule has 0 radical (unpaired) electrons.